The predicted octanol–water partition coefficient (Wildman–Crippen LogP) is 4.88. The number of halogens is 2. The maximum absolute atomic E-state index is 14.6. The number of nitrogens with zero attached hydrogens (tertiary/aromatic N) is 6. The molecule has 2 aliphatic rings. The minimum absolute atomic E-state index is 0.0508. The van der Waals surface area contributed by atoms with Crippen LogP contribution in [0.5, 0.6) is 0 Å². The lowest BCUT2D eigenvalue weighted by atomic mass is 9.66. The number of carbonyl (C=O) groups excluding carboxylic acids is 1. The first-order valence-electron chi connectivity index (χ1n) is 13.8. The minimum atomic E-state index is -3.48. The van der Waals surface area contributed by atoms with Gasteiger partial charge in [0, 0.05) is 6.42 Å². The van der Waals surface area contributed by atoms with E-state index in [4.69, 9.17) is 4.98 Å². The van der Waals surface area contributed by atoms with Gasteiger partial charge in [-0.2, -0.15) is 5.10 Å². The highest BCUT2D eigenvalue weighted by molar-refractivity contribution is 7.90. The van der Waals surface area contributed by atoms with Crippen LogP contribution in [0.15, 0.2) is 48.8 Å². The van der Waals surface area contributed by atoms with Gasteiger partial charge in [-0.15, -0.1) is 10.2 Å². The summed E-state index contributed by atoms with van der Waals surface area (Å²) in [6.07, 6.45) is 3.54. The van der Waals surface area contributed by atoms with Gasteiger partial charge in [-0.1, -0.05) is 26.0 Å². The number of aromatic nitrogens is 6. The Balaban J connectivity index is 1.33. The second-order valence-electron chi connectivity index (χ2n) is 11.7. The summed E-state index contributed by atoms with van der Waals surface area (Å²) < 4.78 is 55.6. The predicted molar refractivity (Wildman–Crippen MR) is 150 cm³/mol. The summed E-state index contributed by atoms with van der Waals surface area (Å²) in [7, 11) is -3.48. The molecule has 218 valence electrons. The monoisotopic (exact) mass is 592 g/mol. The van der Waals surface area contributed by atoms with Crippen LogP contribution in [0.2, 0.25) is 0 Å². The van der Waals surface area contributed by atoms with E-state index < -0.39 is 26.9 Å². The Hall–Kier alpha value is -3.93. The lowest BCUT2D eigenvalue weighted by molar-refractivity contribution is -0.117. The molecule has 0 saturated heterocycles. The molecule has 6 rings (SSSR count). The summed E-state index contributed by atoms with van der Waals surface area (Å²) in [4.78, 5) is 20.3. The molecule has 0 unspecified atom stereocenters. The number of ketones is 1. The van der Waals surface area contributed by atoms with Gasteiger partial charge in [-0.05, 0) is 73.4 Å². The third-order valence-electron chi connectivity index (χ3n) is 8.88. The Morgan fingerprint density at radius 3 is 2.57 bits per heavy atom. The van der Waals surface area contributed by atoms with Gasteiger partial charge in [0.15, 0.2) is 21.5 Å². The van der Waals surface area contributed by atoms with Crippen LogP contribution in [0.4, 0.5) is 8.78 Å². The van der Waals surface area contributed by atoms with Gasteiger partial charge >= 0.3 is 0 Å². The maximum Gasteiger partial charge on any atom is 0.166 e. The SMILES string of the molecule is CC(=O)CCCS(=O)(=O)Cc1ncn(-c2cccc([C@@]34CC[C@@H](c5cc(-c6c(F)cccc6F)nnc53)C4(C)C)n2)n1. The topological polar surface area (TPSA) is 121 Å². The number of fused-ring (bicyclic) bond motifs is 5. The fraction of sp³-hybridized carbons (Fsp3) is 0.400. The number of benzene rings is 1. The van der Waals surface area contributed by atoms with E-state index in [9.17, 15) is 22.0 Å². The van der Waals surface area contributed by atoms with Crippen molar-refractivity contribution >= 4 is 15.6 Å². The summed E-state index contributed by atoms with van der Waals surface area (Å²) in [5.74, 6) is -1.16. The molecule has 1 aromatic carbocycles. The normalized spacial score (nSPS) is 20.5. The molecule has 2 aliphatic carbocycles. The highest BCUT2D eigenvalue weighted by atomic mass is 32.2. The van der Waals surface area contributed by atoms with Crippen LogP contribution in [0.3, 0.4) is 0 Å². The maximum atomic E-state index is 14.6. The van der Waals surface area contributed by atoms with E-state index in [1.54, 1.807) is 12.1 Å². The lowest BCUT2D eigenvalue weighted by Gasteiger charge is -2.37. The van der Waals surface area contributed by atoms with Gasteiger partial charge in [-0.25, -0.2) is 31.8 Å². The van der Waals surface area contributed by atoms with Crippen LogP contribution in [-0.4, -0.2) is 49.9 Å². The number of Topliss-reactive ketones (excluding diaryl/α,β-unsaturated/α-hetero) is 1. The average Bonchev–Trinajstić information content (AvgIpc) is 3.55. The van der Waals surface area contributed by atoms with E-state index in [1.807, 2.05) is 12.1 Å². The van der Waals surface area contributed by atoms with Crippen molar-refractivity contribution in [3.05, 3.63) is 83.2 Å². The molecule has 1 saturated carbocycles. The second-order valence-corrected chi connectivity index (χ2v) is 13.9. The zero-order chi connectivity index (χ0) is 29.9. The van der Waals surface area contributed by atoms with Crippen LogP contribution in [0, 0.1) is 17.0 Å². The summed E-state index contributed by atoms with van der Waals surface area (Å²) >= 11 is 0. The Kier molecular flexibility index (Phi) is 6.79. The summed E-state index contributed by atoms with van der Waals surface area (Å²) in [5.41, 5.74) is 1.50. The number of sulfone groups is 1. The van der Waals surface area contributed by atoms with Gasteiger partial charge < -0.3 is 4.79 Å². The number of hydrogen-bond acceptors (Lipinski definition) is 8. The van der Waals surface area contributed by atoms with Crippen molar-refractivity contribution in [3.63, 3.8) is 0 Å². The molecule has 0 N–H and O–H groups in total. The Bertz CT molecular complexity index is 1800. The Morgan fingerprint density at radius 2 is 1.83 bits per heavy atom. The van der Waals surface area contributed by atoms with Crippen LogP contribution in [0.1, 0.15) is 75.1 Å². The van der Waals surface area contributed by atoms with Crippen LogP contribution in [-0.2, 0) is 25.8 Å². The highest BCUT2D eigenvalue weighted by Crippen LogP contribution is 2.69. The zero-order valence-corrected chi connectivity index (χ0v) is 24.3. The molecule has 0 radical (unpaired) electrons. The first-order valence-corrected chi connectivity index (χ1v) is 15.7. The molecule has 12 heteroatoms. The van der Waals surface area contributed by atoms with Crippen LogP contribution >= 0.6 is 0 Å². The molecule has 1 fully saturated rings. The van der Waals surface area contributed by atoms with Gasteiger partial charge in [0.05, 0.1) is 33.8 Å². The summed E-state index contributed by atoms with van der Waals surface area (Å²) in [6.45, 7) is 5.76. The van der Waals surface area contributed by atoms with E-state index in [0.717, 1.165) is 29.8 Å². The molecule has 2 atom stereocenters. The number of hydrogen-bond donors (Lipinski definition) is 0. The lowest BCUT2D eigenvalue weighted by Crippen LogP contribution is -2.38. The largest absolute Gasteiger partial charge is 0.300 e. The van der Waals surface area contributed by atoms with Crippen molar-refractivity contribution in [3.8, 4) is 17.1 Å². The summed E-state index contributed by atoms with van der Waals surface area (Å²) in [6, 6.07) is 11.1. The fourth-order valence-corrected chi connectivity index (χ4v) is 8.08. The number of rotatable bonds is 9. The molecule has 9 nitrogen and oxygen atoms in total. The zero-order valence-electron chi connectivity index (χ0n) is 23.5. The summed E-state index contributed by atoms with van der Waals surface area (Å²) in [5, 5.41) is 13.2. The molecule has 0 spiro atoms. The van der Waals surface area contributed by atoms with Crippen molar-refractivity contribution < 1.29 is 22.0 Å². The quantitative estimate of drug-likeness (QED) is 0.270. The molecular formula is C30H30F2N6O3S. The van der Waals surface area contributed by atoms with E-state index >= 15 is 0 Å². The van der Waals surface area contributed by atoms with Crippen LogP contribution < -0.4 is 0 Å². The van der Waals surface area contributed by atoms with Gasteiger partial charge in [-0.3, -0.25) is 0 Å². The van der Waals surface area contributed by atoms with E-state index in [0.29, 0.717) is 5.82 Å². The van der Waals surface area contributed by atoms with Gasteiger partial charge in [0.25, 0.3) is 0 Å². The van der Waals surface area contributed by atoms with Crippen molar-refractivity contribution in [1.29, 1.82) is 0 Å². The first-order chi connectivity index (χ1) is 19.9. The molecule has 42 heavy (non-hydrogen) atoms. The third kappa shape index (κ3) is 4.52. The second kappa shape index (κ2) is 10.1. The molecule has 0 aliphatic heterocycles. The first kappa shape index (κ1) is 28.2. The number of pyridine rings is 1. The van der Waals surface area contributed by atoms with Crippen molar-refractivity contribution in [2.45, 2.75) is 63.5 Å². The third-order valence-corrected chi connectivity index (χ3v) is 10.5. The van der Waals surface area contributed by atoms with E-state index in [2.05, 4.69) is 34.1 Å². The highest BCUT2D eigenvalue weighted by Gasteiger charge is 2.65. The molecule has 3 heterocycles. The van der Waals surface area contributed by atoms with Crippen molar-refractivity contribution in [2.75, 3.05) is 5.75 Å². The average molecular weight is 593 g/mol. The molecule has 2 bridgehead atoms. The molecule has 0 amide bonds. The fourth-order valence-electron chi connectivity index (χ4n) is 6.83. The van der Waals surface area contributed by atoms with Crippen LogP contribution in [0.25, 0.3) is 17.1 Å². The van der Waals surface area contributed by atoms with Gasteiger partial charge in [0.1, 0.15) is 29.5 Å². The van der Waals surface area contributed by atoms with Gasteiger partial charge in [0.2, 0.25) is 0 Å². The smallest absolute Gasteiger partial charge is 0.166 e. The standard InChI is InChI=1S/C30H30F2N6O3S/c1-18(39)7-6-14-42(40,41)16-25-33-17-38(37-25)26-11-5-10-24(34-26)30-13-12-20(29(30,2)3)19-15-23(35-36-28(19)30)27-21(31)8-4-9-22(27)32/h4-5,8-11,15,17,20H,6-7,12-14,16H2,1-3H3/t20-,30-/m0/s1. The Labute approximate surface area is 242 Å². The van der Waals surface area contributed by atoms with E-state index in [1.165, 1.54) is 36.1 Å². The van der Waals surface area contributed by atoms with Crippen molar-refractivity contribution in [1.82, 2.24) is 29.9 Å². The van der Waals surface area contributed by atoms with Crippen molar-refractivity contribution in [2.24, 2.45) is 5.41 Å². The van der Waals surface area contributed by atoms with E-state index in [-0.39, 0.29) is 58.5 Å². The molecular weight excluding hydrogens is 562 g/mol. The molecule has 3 aromatic heterocycles. The molecule has 4 aromatic rings. The Morgan fingerprint density at radius 1 is 1.10 bits per heavy atom. The minimum Gasteiger partial charge on any atom is -0.300 e. The number of carbonyl (C=O) groups is 1.